The Balaban J connectivity index is 2.59. The van der Waals surface area contributed by atoms with Crippen LogP contribution >= 0.6 is 0 Å². The quantitative estimate of drug-likeness (QED) is 0.745. The van der Waals surface area contributed by atoms with Crippen molar-refractivity contribution in [2.45, 2.75) is 6.92 Å². The molecule has 0 unspecified atom stereocenters. The number of hydrogen-bond donors (Lipinski definition) is 1. The topological polar surface area (TPSA) is 46.5 Å². The first-order chi connectivity index (χ1) is 6.74. The van der Waals surface area contributed by atoms with Crippen LogP contribution in [0.3, 0.4) is 0 Å². The summed E-state index contributed by atoms with van der Waals surface area (Å²) in [5, 5.41) is 8.64. The minimum absolute atomic E-state index is 0.267. The van der Waals surface area contributed by atoms with E-state index in [2.05, 4.69) is 0 Å². The van der Waals surface area contributed by atoms with E-state index in [0.717, 1.165) is 0 Å². The normalized spacial score (nSPS) is 10.4. The number of rotatable bonds is 4. The number of carboxylic acid groups (broad SMARTS) is 1. The molecule has 0 saturated carbocycles. The van der Waals surface area contributed by atoms with E-state index in [9.17, 15) is 4.79 Å². The van der Waals surface area contributed by atoms with Gasteiger partial charge in [-0.1, -0.05) is 12.2 Å². The highest BCUT2D eigenvalue weighted by Crippen LogP contribution is 2.11. The molecule has 14 heavy (non-hydrogen) atoms. The second-order valence-corrected chi connectivity index (χ2v) is 2.71. The van der Waals surface area contributed by atoms with Crippen molar-refractivity contribution in [3.63, 3.8) is 0 Å². The largest absolute Gasteiger partial charge is 0.490 e. The summed E-state index contributed by atoms with van der Waals surface area (Å²) in [4.78, 5) is 10.5. The zero-order valence-corrected chi connectivity index (χ0v) is 7.93. The van der Waals surface area contributed by atoms with E-state index in [1.807, 2.05) is 19.1 Å². The summed E-state index contributed by atoms with van der Waals surface area (Å²) >= 11 is 0. The molecule has 0 aliphatic heterocycles. The van der Waals surface area contributed by atoms with Gasteiger partial charge >= 0.3 is 5.97 Å². The standard InChI is InChI=1S/C11H12O3/c1-2-3-8-14-10-6-4-9(5-7-10)11(12)13/h2-7H,8H2,1H3,(H,12,13)/b3-2-. The number of allylic oxidation sites excluding steroid dienone is 1. The molecule has 0 aliphatic rings. The lowest BCUT2D eigenvalue weighted by molar-refractivity contribution is 0.0697. The number of benzene rings is 1. The smallest absolute Gasteiger partial charge is 0.335 e. The van der Waals surface area contributed by atoms with Gasteiger partial charge in [0.2, 0.25) is 0 Å². The van der Waals surface area contributed by atoms with Gasteiger partial charge in [0.1, 0.15) is 12.4 Å². The molecule has 1 aromatic rings. The van der Waals surface area contributed by atoms with Crippen molar-refractivity contribution < 1.29 is 14.6 Å². The summed E-state index contributed by atoms with van der Waals surface area (Å²) < 4.78 is 5.30. The van der Waals surface area contributed by atoms with Crippen LogP contribution in [0.1, 0.15) is 17.3 Å². The Bertz CT molecular complexity index is 325. The summed E-state index contributed by atoms with van der Waals surface area (Å²) in [5.74, 6) is -0.252. The summed E-state index contributed by atoms with van der Waals surface area (Å²) in [6.45, 7) is 2.42. The molecule has 0 heterocycles. The molecule has 0 aromatic heterocycles. The molecule has 0 spiro atoms. The van der Waals surface area contributed by atoms with Gasteiger partial charge in [-0.3, -0.25) is 0 Å². The summed E-state index contributed by atoms with van der Waals surface area (Å²) in [5.41, 5.74) is 0.267. The van der Waals surface area contributed by atoms with Crippen LogP contribution in [0.4, 0.5) is 0 Å². The van der Waals surface area contributed by atoms with Crippen molar-refractivity contribution in [1.82, 2.24) is 0 Å². The molecular weight excluding hydrogens is 180 g/mol. The minimum atomic E-state index is -0.926. The third-order valence-electron chi connectivity index (χ3n) is 1.68. The first-order valence-electron chi connectivity index (χ1n) is 4.31. The van der Waals surface area contributed by atoms with Crippen molar-refractivity contribution in [1.29, 1.82) is 0 Å². The molecule has 0 amide bonds. The lowest BCUT2D eigenvalue weighted by atomic mass is 10.2. The molecule has 0 radical (unpaired) electrons. The number of ether oxygens (including phenoxy) is 1. The molecule has 0 atom stereocenters. The van der Waals surface area contributed by atoms with Crippen LogP contribution in [0.2, 0.25) is 0 Å². The van der Waals surface area contributed by atoms with Crippen LogP contribution in [-0.4, -0.2) is 17.7 Å². The van der Waals surface area contributed by atoms with Gasteiger partial charge in [0.15, 0.2) is 0 Å². The number of carboxylic acids is 1. The predicted octanol–water partition coefficient (Wildman–Crippen LogP) is 2.34. The molecular formula is C11H12O3. The molecule has 0 aliphatic carbocycles. The maximum absolute atomic E-state index is 10.5. The summed E-state index contributed by atoms with van der Waals surface area (Å²) in [6.07, 6.45) is 3.77. The van der Waals surface area contributed by atoms with E-state index < -0.39 is 5.97 Å². The van der Waals surface area contributed by atoms with Gasteiger partial charge in [-0.05, 0) is 31.2 Å². The molecule has 0 fully saturated rings. The fourth-order valence-electron chi connectivity index (χ4n) is 0.934. The average molecular weight is 192 g/mol. The van der Waals surface area contributed by atoms with Crippen LogP contribution in [0.25, 0.3) is 0 Å². The van der Waals surface area contributed by atoms with Gasteiger partial charge < -0.3 is 9.84 Å². The van der Waals surface area contributed by atoms with Gasteiger partial charge in [0.05, 0.1) is 5.56 Å². The Morgan fingerprint density at radius 2 is 2.07 bits per heavy atom. The Kier molecular flexibility index (Phi) is 3.73. The summed E-state index contributed by atoms with van der Waals surface area (Å²) in [7, 11) is 0. The van der Waals surface area contributed by atoms with E-state index in [1.165, 1.54) is 12.1 Å². The Hall–Kier alpha value is -1.77. The van der Waals surface area contributed by atoms with Crippen molar-refractivity contribution in [2.75, 3.05) is 6.61 Å². The van der Waals surface area contributed by atoms with Gasteiger partial charge in [-0.2, -0.15) is 0 Å². The second-order valence-electron chi connectivity index (χ2n) is 2.71. The highest BCUT2D eigenvalue weighted by molar-refractivity contribution is 5.87. The molecule has 1 N–H and O–H groups in total. The molecule has 1 aromatic carbocycles. The monoisotopic (exact) mass is 192 g/mol. The van der Waals surface area contributed by atoms with Crippen LogP contribution < -0.4 is 4.74 Å². The second kappa shape index (κ2) is 5.07. The molecule has 3 nitrogen and oxygen atoms in total. The highest BCUT2D eigenvalue weighted by Gasteiger charge is 2.01. The van der Waals surface area contributed by atoms with Gasteiger partial charge in [0, 0.05) is 0 Å². The van der Waals surface area contributed by atoms with E-state index in [1.54, 1.807) is 12.1 Å². The van der Waals surface area contributed by atoms with E-state index >= 15 is 0 Å². The third kappa shape index (κ3) is 2.94. The third-order valence-corrected chi connectivity index (χ3v) is 1.68. The highest BCUT2D eigenvalue weighted by atomic mass is 16.5. The lowest BCUT2D eigenvalue weighted by Crippen LogP contribution is -1.97. The molecule has 0 saturated heterocycles. The maximum atomic E-state index is 10.5. The lowest BCUT2D eigenvalue weighted by Gasteiger charge is -2.02. The summed E-state index contributed by atoms with van der Waals surface area (Å²) in [6, 6.07) is 6.33. The van der Waals surface area contributed by atoms with Crippen molar-refractivity contribution in [3.05, 3.63) is 42.0 Å². The first kappa shape index (κ1) is 10.3. The maximum Gasteiger partial charge on any atom is 0.335 e. The molecule has 0 bridgehead atoms. The van der Waals surface area contributed by atoms with Crippen molar-refractivity contribution in [3.8, 4) is 5.75 Å². The van der Waals surface area contributed by atoms with Crippen LogP contribution in [-0.2, 0) is 0 Å². The van der Waals surface area contributed by atoms with Crippen molar-refractivity contribution in [2.24, 2.45) is 0 Å². The predicted molar refractivity (Wildman–Crippen MR) is 53.7 cm³/mol. The van der Waals surface area contributed by atoms with Gasteiger partial charge in [0.25, 0.3) is 0 Å². The molecule has 1 rings (SSSR count). The first-order valence-corrected chi connectivity index (χ1v) is 4.31. The fourth-order valence-corrected chi connectivity index (χ4v) is 0.934. The van der Waals surface area contributed by atoms with E-state index in [-0.39, 0.29) is 5.56 Å². The minimum Gasteiger partial charge on any atom is -0.490 e. The number of aromatic carboxylic acids is 1. The number of hydrogen-bond acceptors (Lipinski definition) is 2. The SMILES string of the molecule is C/C=C\COc1ccc(C(=O)O)cc1. The zero-order valence-electron chi connectivity index (χ0n) is 7.93. The van der Waals surface area contributed by atoms with Gasteiger partial charge in [-0.15, -0.1) is 0 Å². The van der Waals surface area contributed by atoms with Crippen LogP contribution in [0, 0.1) is 0 Å². The number of carbonyl (C=O) groups is 1. The van der Waals surface area contributed by atoms with Crippen LogP contribution in [0.5, 0.6) is 5.75 Å². The Morgan fingerprint density at radius 1 is 1.43 bits per heavy atom. The zero-order chi connectivity index (χ0) is 10.4. The van der Waals surface area contributed by atoms with Crippen LogP contribution in [0.15, 0.2) is 36.4 Å². The Labute approximate surface area is 82.6 Å². The van der Waals surface area contributed by atoms with E-state index in [0.29, 0.717) is 12.4 Å². The average Bonchev–Trinajstić information content (AvgIpc) is 2.19. The fraction of sp³-hybridized carbons (Fsp3) is 0.182. The van der Waals surface area contributed by atoms with E-state index in [4.69, 9.17) is 9.84 Å². The Morgan fingerprint density at radius 3 is 2.57 bits per heavy atom. The molecule has 3 heteroatoms. The molecule has 74 valence electrons. The van der Waals surface area contributed by atoms with Gasteiger partial charge in [-0.25, -0.2) is 4.79 Å². The van der Waals surface area contributed by atoms with Crippen molar-refractivity contribution >= 4 is 5.97 Å².